The molecular weight excluding hydrogens is 352 g/mol. The number of fused-ring (bicyclic) bond motifs is 1. The van der Waals surface area contributed by atoms with Crippen LogP contribution in [-0.4, -0.2) is 11.8 Å². The van der Waals surface area contributed by atoms with Gasteiger partial charge in [-0.3, -0.25) is 9.59 Å². The highest BCUT2D eigenvalue weighted by Crippen LogP contribution is 2.24. The summed E-state index contributed by atoms with van der Waals surface area (Å²) in [7, 11) is 0. The fourth-order valence-electron chi connectivity index (χ4n) is 3.02. The zero-order valence-electron chi connectivity index (χ0n) is 15.2. The summed E-state index contributed by atoms with van der Waals surface area (Å²) in [5.74, 6) is -0.394. The molecule has 1 heterocycles. The van der Waals surface area contributed by atoms with Crippen LogP contribution < -0.4 is 10.6 Å². The lowest BCUT2D eigenvalue weighted by molar-refractivity contribution is 0.0993. The number of amides is 2. The third-order valence-electron chi connectivity index (χ3n) is 4.53. The number of furan rings is 1. The van der Waals surface area contributed by atoms with E-state index in [2.05, 4.69) is 10.6 Å². The van der Waals surface area contributed by atoms with Crippen LogP contribution in [0.4, 0.5) is 11.4 Å². The number of rotatable bonds is 4. The van der Waals surface area contributed by atoms with Crippen molar-refractivity contribution in [3.63, 3.8) is 0 Å². The maximum absolute atomic E-state index is 12.8. The molecule has 0 aliphatic carbocycles. The number of hydrogen-bond donors (Lipinski definition) is 2. The minimum absolute atomic E-state index is 0.213. The second-order valence-corrected chi connectivity index (χ2v) is 6.44. The number of carbonyl (C=O) groups excluding carboxylic acids is 2. The monoisotopic (exact) mass is 370 g/mol. The van der Waals surface area contributed by atoms with Crippen LogP contribution in [0.3, 0.4) is 0 Å². The molecule has 0 saturated carbocycles. The van der Waals surface area contributed by atoms with Gasteiger partial charge in [0, 0.05) is 22.3 Å². The van der Waals surface area contributed by atoms with Crippen LogP contribution in [0.1, 0.15) is 26.5 Å². The van der Waals surface area contributed by atoms with Crippen LogP contribution in [0.25, 0.3) is 10.8 Å². The predicted molar refractivity (Wildman–Crippen MR) is 110 cm³/mol. The highest BCUT2D eigenvalue weighted by Gasteiger charge is 2.14. The van der Waals surface area contributed by atoms with E-state index >= 15 is 0 Å². The molecule has 0 aliphatic rings. The van der Waals surface area contributed by atoms with Crippen LogP contribution in [-0.2, 0) is 0 Å². The lowest BCUT2D eigenvalue weighted by Gasteiger charge is -2.12. The van der Waals surface area contributed by atoms with Crippen LogP contribution in [0.15, 0.2) is 83.5 Å². The first-order chi connectivity index (χ1) is 13.6. The Bertz CT molecular complexity index is 1160. The van der Waals surface area contributed by atoms with Crippen molar-refractivity contribution in [2.45, 2.75) is 6.92 Å². The summed E-state index contributed by atoms with van der Waals surface area (Å²) in [5.41, 5.74) is 2.60. The molecule has 138 valence electrons. The molecule has 5 nitrogen and oxygen atoms in total. The number of aryl methyl sites for hydroxylation is 1. The van der Waals surface area contributed by atoms with E-state index in [9.17, 15) is 9.59 Å². The third-order valence-corrected chi connectivity index (χ3v) is 4.53. The van der Waals surface area contributed by atoms with Gasteiger partial charge in [-0.15, -0.1) is 0 Å². The van der Waals surface area contributed by atoms with E-state index in [0.29, 0.717) is 11.3 Å². The summed E-state index contributed by atoms with van der Waals surface area (Å²) in [6, 6.07) is 22.1. The predicted octanol–water partition coefficient (Wildman–Crippen LogP) is 5.25. The first-order valence-electron chi connectivity index (χ1n) is 8.86. The molecule has 4 rings (SSSR count). The van der Waals surface area contributed by atoms with Crippen molar-refractivity contribution in [3.8, 4) is 0 Å². The molecule has 0 atom stereocenters. The lowest BCUT2D eigenvalue weighted by Crippen LogP contribution is -2.15. The van der Waals surface area contributed by atoms with E-state index in [1.54, 1.807) is 30.3 Å². The Morgan fingerprint density at radius 1 is 0.786 bits per heavy atom. The van der Waals surface area contributed by atoms with Crippen molar-refractivity contribution in [1.29, 1.82) is 0 Å². The Morgan fingerprint density at radius 3 is 2.39 bits per heavy atom. The maximum atomic E-state index is 12.8. The van der Waals surface area contributed by atoms with Crippen molar-refractivity contribution >= 4 is 34.0 Å². The summed E-state index contributed by atoms with van der Waals surface area (Å²) < 4.78 is 5.11. The van der Waals surface area contributed by atoms with Gasteiger partial charge in [0.1, 0.15) is 0 Å². The topological polar surface area (TPSA) is 71.3 Å². The molecule has 5 heteroatoms. The quantitative estimate of drug-likeness (QED) is 0.516. The fraction of sp³-hybridized carbons (Fsp3) is 0.0435. The van der Waals surface area contributed by atoms with Crippen LogP contribution in [0.2, 0.25) is 0 Å². The first-order valence-corrected chi connectivity index (χ1v) is 8.86. The largest absolute Gasteiger partial charge is 0.459 e. The van der Waals surface area contributed by atoms with Gasteiger partial charge < -0.3 is 15.1 Å². The van der Waals surface area contributed by atoms with Gasteiger partial charge in [-0.25, -0.2) is 0 Å². The normalized spacial score (nSPS) is 10.6. The van der Waals surface area contributed by atoms with Crippen molar-refractivity contribution in [3.05, 3.63) is 95.9 Å². The molecule has 0 bridgehead atoms. The molecule has 0 unspecified atom stereocenters. The summed E-state index contributed by atoms with van der Waals surface area (Å²) in [5, 5.41) is 7.77. The van der Waals surface area contributed by atoms with Gasteiger partial charge in [-0.2, -0.15) is 0 Å². The molecule has 2 N–H and O–H groups in total. The van der Waals surface area contributed by atoms with Crippen molar-refractivity contribution in [2.75, 3.05) is 10.6 Å². The van der Waals surface area contributed by atoms with Crippen molar-refractivity contribution in [1.82, 2.24) is 0 Å². The molecule has 1 aromatic heterocycles. The first kappa shape index (κ1) is 17.5. The van der Waals surface area contributed by atoms with E-state index in [1.165, 1.54) is 6.26 Å². The second kappa shape index (κ2) is 7.40. The van der Waals surface area contributed by atoms with Gasteiger partial charge in [-0.1, -0.05) is 42.5 Å². The molecule has 0 radical (unpaired) electrons. The van der Waals surface area contributed by atoms with Crippen LogP contribution in [0, 0.1) is 6.92 Å². The third kappa shape index (κ3) is 3.50. The summed E-state index contributed by atoms with van der Waals surface area (Å²) in [6.45, 7) is 1.87. The van der Waals surface area contributed by atoms with Crippen molar-refractivity contribution < 1.29 is 14.0 Å². The van der Waals surface area contributed by atoms with Crippen LogP contribution >= 0.6 is 0 Å². The molecule has 0 aliphatic heterocycles. The Labute approximate surface area is 162 Å². The Kier molecular flexibility index (Phi) is 4.64. The van der Waals surface area contributed by atoms with Gasteiger partial charge in [-0.05, 0) is 48.2 Å². The molecular formula is C23H18N2O3. The minimum Gasteiger partial charge on any atom is -0.459 e. The average Bonchev–Trinajstić information content (AvgIpc) is 3.25. The van der Waals surface area contributed by atoms with Gasteiger partial charge in [0.15, 0.2) is 5.76 Å². The molecule has 3 aromatic carbocycles. The second-order valence-electron chi connectivity index (χ2n) is 6.44. The average molecular weight is 370 g/mol. The SMILES string of the molecule is Cc1ccc(C(=O)Nc2cccc3ccccc23)cc1NC(=O)c1ccco1. The van der Waals surface area contributed by atoms with E-state index in [1.807, 2.05) is 49.4 Å². The maximum Gasteiger partial charge on any atom is 0.291 e. The molecule has 0 saturated heterocycles. The zero-order chi connectivity index (χ0) is 19.5. The van der Waals surface area contributed by atoms with Gasteiger partial charge in [0.25, 0.3) is 11.8 Å². The molecule has 0 fully saturated rings. The molecule has 28 heavy (non-hydrogen) atoms. The zero-order valence-corrected chi connectivity index (χ0v) is 15.2. The highest BCUT2D eigenvalue weighted by atomic mass is 16.3. The summed E-state index contributed by atoms with van der Waals surface area (Å²) >= 11 is 0. The standard InChI is InChI=1S/C23H18N2O3/c1-15-11-12-17(14-20(15)25-23(27)21-10-5-13-28-21)22(26)24-19-9-4-7-16-6-2-3-8-18(16)19/h2-14H,1H3,(H,24,26)(H,25,27). The molecule has 4 aromatic rings. The fourth-order valence-corrected chi connectivity index (χ4v) is 3.02. The minimum atomic E-state index is -0.361. The number of nitrogens with one attached hydrogen (secondary N) is 2. The Morgan fingerprint density at radius 2 is 1.57 bits per heavy atom. The van der Waals surface area contributed by atoms with E-state index in [0.717, 1.165) is 22.0 Å². The highest BCUT2D eigenvalue weighted by molar-refractivity contribution is 6.10. The number of anilines is 2. The number of carbonyl (C=O) groups is 2. The van der Waals surface area contributed by atoms with E-state index in [-0.39, 0.29) is 17.6 Å². The number of benzene rings is 3. The van der Waals surface area contributed by atoms with Gasteiger partial charge in [0.2, 0.25) is 0 Å². The molecule has 2 amide bonds. The lowest BCUT2D eigenvalue weighted by atomic mass is 10.1. The Balaban J connectivity index is 1.58. The van der Waals surface area contributed by atoms with Crippen molar-refractivity contribution in [2.24, 2.45) is 0 Å². The van der Waals surface area contributed by atoms with Crippen LogP contribution in [0.5, 0.6) is 0 Å². The Hall–Kier alpha value is -3.86. The molecule has 0 spiro atoms. The van der Waals surface area contributed by atoms with Gasteiger partial charge >= 0.3 is 0 Å². The summed E-state index contributed by atoms with van der Waals surface area (Å²) in [6.07, 6.45) is 1.44. The summed E-state index contributed by atoms with van der Waals surface area (Å²) in [4.78, 5) is 25.0. The van der Waals surface area contributed by atoms with E-state index in [4.69, 9.17) is 4.42 Å². The number of hydrogen-bond acceptors (Lipinski definition) is 3. The van der Waals surface area contributed by atoms with E-state index < -0.39 is 0 Å². The smallest absolute Gasteiger partial charge is 0.291 e. The van der Waals surface area contributed by atoms with Gasteiger partial charge in [0.05, 0.1) is 6.26 Å².